The van der Waals surface area contributed by atoms with Gasteiger partial charge in [0.2, 0.25) is 5.91 Å². The summed E-state index contributed by atoms with van der Waals surface area (Å²) in [7, 11) is 0. The van der Waals surface area contributed by atoms with E-state index in [0.717, 1.165) is 34.2 Å². The molecule has 24 heavy (non-hydrogen) atoms. The molecule has 0 bridgehead atoms. The van der Waals surface area contributed by atoms with Gasteiger partial charge in [-0.15, -0.1) is 0 Å². The minimum absolute atomic E-state index is 0.000553. The van der Waals surface area contributed by atoms with Crippen molar-refractivity contribution in [3.63, 3.8) is 0 Å². The average Bonchev–Trinajstić information content (AvgIpc) is 2.71. The van der Waals surface area contributed by atoms with Crippen molar-refractivity contribution in [2.75, 3.05) is 11.1 Å². The highest BCUT2D eigenvalue weighted by Crippen LogP contribution is 2.23. The largest absolute Gasteiger partial charge is 0.325 e. The zero-order valence-electron chi connectivity index (χ0n) is 15.4. The fourth-order valence-corrected chi connectivity index (χ4v) is 3.59. The number of imidazole rings is 1. The molecule has 0 aliphatic carbocycles. The van der Waals surface area contributed by atoms with Gasteiger partial charge < -0.3 is 9.88 Å². The van der Waals surface area contributed by atoms with Gasteiger partial charge in [0.15, 0.2) is 5.16 Å². The van der Waals surface area contributed by atoms with Gasteiger partial charge in [0.25, 0.3) is 0 Å². The first-order valence-corrected chi connectivity index (χ1v) is 9.29. The number of carbonyl (C=O) groups is 1. The van der Waals surface area contributed by atoms with Crippen molar-refractivity contribution in [2.24, 2.45) is 5.92 Å². The Morgan fingerprint density at radius 1 is 1.17 bits per heavy atom. The summed E-state index contributed by atoms with van der Waals surface area (Å²) in [5.41, 5.74) is 5.37. The number of hydrogen-bond acceptors (Lipinski definition) is 3. The van der Waals surface area contributed by atoms with Crippen LogP contribution in [0.1, 0.15) is 36.4 Å². The molecule has 0 aliphatic heterocycles. The zero-order valence-corrected chi connectivity index (χ0v) is 16.3. The van der Waals surface area contributed by atoms with Gasteiger partial charge in [-0.25, -0.2) is 4.98 Å². The molecule has 4 nitrogen and oxygen atoms in total. The van der Waals surface area contributed by atoms with Crippen molar-refractivity contribution in [3.05, 3.63) is 40.7 Å². The van der Waals surface area contributed by atoms with E-state index in [1.807, 2.05) is 32.9 Å². The molecular formula is C19H27N3OS. The SMILES string of the molecule is Cc1cc(C)cc(NC(=O)CSc2nc(C)c(C)n2CC(C)C)c1. The Morgan fingerprint density at radius 3 is 2.38 bits per heavy atom. The first-order chi connectivity index (χ1) is 11.3. The number of nitrogens with one attached hydrogen (secondary N) is 1. The summed E-state index contributed by atoms with van der Waals surface area (Å²) in [6.45, 7) is 13.5. The Labute approximate surface area is 149 Å². The van der Waals surface area contributed by atoms with Crippen molar-refractivity contribution >= 4 is 23.4 Å². The Kier molecular flexibility index (Phi) is 6.10. The summed E-state index contributed by atoms with van der Waals surface area (Å²) in [5.74, 6) is 0.904. The van der Waals surface area contributed by atoms with E-state index < -0.39 is 0 Å². The molecule has 2 rings (SSSR count). The van der Waals surface area contributed by atoms with Crippen LogP contribution in [0.4, 0.5) is 5.69 Å². The maximum Gasteiger partial charge on any atom is 0.234 e. The molecule has 1 aromatic carbocycles. The highest BCUT2D eigenvalue weighted by Gasteiger charge is 2.14. The normalized spacial score (nSPS) is 11.1. The van der Waals surface area contributed by atoms with E-state index in [4.69, 9.17) is 0 Å². The van der Waals surface area contributed by atoms with Crippen LogP contribution in [0.25, 0.3) is 0 Å². The predicted octanol–water partition coefficient (Wildman–Crippen LogP) is 4.50. The highest BCUT2D eigenvalue weighted by atomic mass is 32.2. The number of carbonyl (C=O) groups excluding carboxylic acids is 1. The number of nitrogens with zero attached hydrogens (tertiary/aromatic N) is 2. The average molecular weight is 346 g/mol. The summed E-state index contributed by atoms with van der Waals surface area (Å²) in [6, 6.07) is 6.08. The van der Waals surface area contributed by atoms with Crippen molar-refractivity contribution in [1.29, 1.82) is 0 Å². The van der Waals surface area contributed by atoms with E-state index in [-0.39, 0.29) is 5.91 Å². The van der Waals surface area contributed by atoms with Crippen LogP contribution in [0.5, 0.6) is 0 Å². The number of anilines is 1. The van der Waals surface area contributed by atoms with E-state index in [1.54, 1.807) is 0 Å². The third-order valence-electron chi connectivity index (χ3n) is 3.81. The van der Waals surface area contributed by atoms with Gasteiger partial charge in [-0.3, -0.25) is 4.79 Å². The lowest BCUT2D eigenvalue weighted by molar-refractivity contribution is -0.113. The fraction of sp³-hybridized carbons (Fsp3) is 0.474. The number of rotatable bonds is 6. The minimum Gasteiger partial charge on any atom is -0.325 e. The van der Waals surface area contributed by atoms with Crippen LogP contribution in [-0.2, 0) is 11.3 Å². The molecule has 1 amide bonds. The van der Waals surface area contributed by atoms with Crippen molar-refractivity contribution in [1.82, 2.24) is 9.55 Å². The van der Waals surface area contributed by atoms with Crippen LogP contribution < -0.4 is 5.32 Å². The molecule has 0 saturated carbocycles. The number of hydrogen-bond donors (Lipinski definition) is 1. The van der Waals surface area contributed by atoms with Crippen molar-refractivity contribution in [2.45, 2.75) is 53.2 Å². The van der Waals surface area contributed by atoms with E-state index in [2.05, 4.69) is 41.7 Å². The smallest absolute Gasteiger partial charge is 0.234 e. The summed E-state index contributed by atoms with van der Waals surface area (Å²) in [5, 5.41) is 3.90. The molecule has 1 aromatic heterocycles. The number of aryl methyl sites for hydroxylation is 3. The van der Waals surface area contributed by atoms with E-state index in [1.165, 1.54) is 17.5 Å². The Bertz CT molecular complexity index is 714. The standard InChI is InChI=1S/C19H27N3OS/c1-12(2)10-22-16(6)15(5)20-19(22)24-11-18(23)21-17-8-13(3)7-14(4)9-17/h7-9,12H,10-11H2,1-6H3,(H,21,23). The number of thioether (sulfide) groups is 1. The van der Waals surface area contributed by atoms with Crippen LogP contribution in [0.15, 0.2) is 23.4 Å². The molecule has 0 atom stereocenters. The van der Waals surface area contributed by atoms with Gasteiger partial charge in [-0.2, -0.15) is 0 Å². The molecule has 2 aromatic rings. The van der Waals surface area contributed by atoms with Crippen LogP contribution in [0.2, 0.25) is 0 Å². The van der Waals surface area contributed by atoms with Gasteiger partial charge in [-0.05, 0) is 56.9 Å². The first-order valence-electron chi connectivity index (χ1n) is 8.31. The predicted molar refractivity (Wildman–Crippen MR) is 102 cm³/mol. The minimum atomic E-state index is -0.000553. The number of benzene rings is 1. The van der Waals surface area contributed by atoms with Crippen molar-refractivity contribution < 1.29 is 4.79 Å². The van der Waals surface area contributed by atoms with Gasteiger partial charge in [0.05, 0.1) is 11.4 Å². The topological polar surface area (TPSA) is 46.9 Å². The summed E-state index contributed by atoms with van der Waals surface area (Å²) in [4.78, 5) is 16.9. The Morgan fingerprint density at radius 2 is 1.79 bits per heavy atom. The first kappa shape index (κ1) is 18.6. The van der Waals surface area contributed by atoms with Crippen LogP contribution in [0.3, 0.4) is 0 Å². The third-order valence-corrected chi connectivity index (χ3v) is 4.78. The number of amides is 1. The van der Waals surface area contributed by atoms with E-state index >= 15 is 0 Å². The summed E-state index contributed by atoms with van der Waals surface area (Å²) in [6.07, 6.45) is 0. The zero-order chi connectivity index (χ0) is 17.9. The van der Waals surface area contributed by atoms with Crippen molar-refractivity contribution in [3.8, 4) is 0 Å². The quantitative estimate of drug-likeness (QED) is 0.784. The second-order valence-corrected chi connectivity index (χ2v) is 7.73. The van der Waals surface area contributed by atoms with Gasteiger partial charge in [0, 0.05) is 17.9 Å². The third kappa shape index (κ3) is 4.87. The molecule has 0 fully saturated rings. The molecule has 130 valence electrons. The molecule has 1 heterocycles. The van der Waals surface area contributed by atoms with Gasteiger partial charge in [0.1, 0.15) is 0 Å². The molecule has 5 heteroatoms. The lowest BCUT2D eigenvalue weighted by atomic mass is 10.1. The molecule has 0 saturated heterocycles. The highest BCUT2D eigenvalue weighted by molar-refractivity contribution is 7.99. The molecule has 0 spiro atoms. The molecule has 0 radical (unpaired) electrons. The fourth-order valence-electron chi connectivity index (χ4n) is 2.69. The maximum absolute atomic E-state index is 12.3. The maximum atomic E-state index is 12.3. The molecule has 0 unspecified atom stereocenters. The van der Waals surface area contributed by atoms with E-state index in [0.29, 0.717) is 11.7 Å². The summed E-state index contributed by atoms with van der Waals surface area (Å²) < 4.78 is 2.22. The Balaban J connectivity index is 2.02. The molecule has 0 aliphatic rings. The van der Waals surface area contributed by atoms with Crippen LogP contribution >= 0.6 is 11.8 Å². The van der Waals surface area contributed by atoms with Gasteiger partial charge >= 0.3 is 0 Å². The monoisotopic (exact) mass is 345 g/mol. The molecular weight excluding hydrogens is 318 g/mol. The second-order valence-electron chi connectivity index (χ2n) is 6.78. The van der Waals surface area contributed by atoms with Gasteiger partial charge in [-0.1, -0.05) is 31.7 Å². The molecule has 1 N–H and O–H groups in total. The number of aromatic nitrogens is 2. The van der Waals surface area contributed by atoms with Crippen LogP contribution in [0, 0.1) is 33.6 Å². The van der Waals surface area contributed by atoms with Crippen LogP contribution in [-0.4, -0.2) is 21.2 Å². The lowest BCUT2D eigenvalue weighted by Gasteiger charge is -2.12. The Hall–Kier alpha value is -1.75. The summed E-state index contributed by atoms with van der Waals surface area (Å²) >= 11 is 1.50. The van der Waals surface area contributed by atoms with E-state index in [9.17, 15) is 4.79 Å². The second kappa shape index (κ2) is 7.88. The lowest BCUT2D eigenvalue weighted by Crippen LogP contribution is -2.15.